The van der Waals surface area contributed by atoms with Gasteiger partial charge in [-0.15, -0.1) is 0 Å². The van der Waals surface area contributed by atoms with Crippen LogP contribution in [0.25, 0.3) is 0 Å². The van der Waals surface area contributed by atoms with Gasteiger partial charge in [-0.2, -0.15) is 0 Å². The Bertz CT molecular complexity index is 301. The molecule has 116 valence electrons. The van der Waals surface area contributed by atoms with E-state index >= 15 is 0 Å². The fraction of sp³-hybridized carbons (Fsp3) is 1.00. The Balaban J connectivity index is 1.66. The molecule has 2 heteroatoms. The molecule has 2 nitrogen and oxygen atoms in total. The highest BCUT2D eigenvalue weighted by atomic mass is 15.3. The normalized spacial score (nSPS) is 32.2. The molecule has 1 N–H and O–H groups in total. The van der Waals surface area contributed by atoms with Gasteiger partial charge in [0.2, 0.25) is 0 Å². The summed E-state index contributed by atoms with van der Waals surface area (Å²) in [7, 11) is 0. The molecule has 0 aromatic carbocycles. The number of hydrogen-bond acceptors (Lipinski definition) is 2. The Labute approximate surface area is 125 Å². The lowest BCUT2D eigenvalue weighted by molar-refractivity contribution is 0.0160. The summed E-state index contributed by atoms with van der Waals surface area (Å²) in [5.74, 6) is 1.76. The van der Waals surface area contributed by atoms with Gasteiger partial charge < -0.3 is 5.32 Å². The molecule has 1 unspecified atom stereocenters. The Hall–Kier alpha value is -0.0800. The van der Waals surface area contributed by atoms with E-state index in [1.807, 2.05) is 0 Å². The monoisotopic (exact) mass is 278 g/mol. The van der Waals surface area contributed by atoms with Gasteiger partial charge >= 0.3 is 0 Å². The third-order valence-electron chi connectivity index (χ3n) is 6.12. The van der Waals surface area contributed by atoms with Gasteiger partial charge in [0.05, 0.1) is 0 Å². The molecule has 2 saturated carbocycles. The van der Waals surface area contributed by atoms with E-state index in [4.69, 9.17) is 0 Å². The van der Waals surface area contributed by atoms with E-state index in [2.05, 4.69) is 24.1 Å². The number of nitrogens with one attached hydrogen (secondary N) is 1. The second-order valence-electron chi connectivity index (χ2n) is 8.12. The van der Waals surface area contributed by atoms with Crippen molar-refractivity contribution in [2.24, 2.45) is 11.8 Å². The van der Waals surface area contributed by atoms with E-state index in [0.29, 0.717) is 5.54 Å². The summed E-state index contributed by atoms with van der Waals surface area (Å²) in [6.45, 7) is 8.68. The molecule has 1 aliphatic heterocycles. The molecular formula is C18H34N2. The summed E-state index contributed by atoms with van der Waals surface area (Å²) in [4.78, 5) is 2.90. The number of hydrogen-bond donors (Lipinski definition) is 1. The van der Waals surface area contributed by atoms with Gasteiger partial charge in [0, 0.05) is 31.2 Å². The molecule has 1 atom stereocenters. The van der Waals surface area contributed by atoms with Crippen LogP contribution in [0.5, 0.6) is 0 Å². The maximum atomic E-state index is 3.98. The first-order valence-corrected chi connectivity index (χ1v) is 9.18. The number of nitrogens with zero attached hydrogens (tertiary/aromatic N) is 1. The van der Waals surface area contributed by atoms with Gasteiger partial charge in [-0.25, -0.2) is 0 Å². The van der Waals surface area contributed by atoms with Crippen LogP contribution in [0.15, 0.2) is 0 Å². The van der Waals surface area contributed by atoms with Gasteiger partial charge in [0.15, 0.2) is 0 Å². The first kappa shape index (κ1) is 14.8. The molecule has 0 aromatic heterocycles. The molecule has 0 radical (unpaired) electrons. The van der Waals surface area contributed by atoms with Crippen LogP contribution >= 0.6 is 0 Å². The minimum Gasteiger partial charge on any atom is -0.311 e. The standard InChI is InChI=1S/C18H34N2/c1-15(2)12-20-13-17(16-8-4-3-5-9-16)19-14-18(20)10-6-7-11-18/h15-17,19H,3-14H2,1-2H3. The Morgan fingerprint density at radius 3 is 2.40 bits per heavy atom. The van der Waals surface area contributed by atoms with Gasteiger partial charge in [0.25, 0.3) is 0 Å². The Kier molecular flexibility index (Phi) is 4.72. The van der Waals surface area contributed by atoms with Crippen LogP contribution in [-0.2, 0) is 0 Å². The van der Waals surface area contributed by atoms with E-state index < -0.39 is 0 Å². The van der Waals surface area contributed by atoms with Crippen LogP contribution in [0.1, 0.15) is 71.6 Å². The Morgan fingerprint density at radius 1 is 1.05 bits per heavy atom. The summed E-state index contributed by atoms with van der Waals surface area (Å²) in [6.07, 6.45) is 13.1. The van der Waals surface area contributed by atoms with Gasteiger partial charge in [0.1, 0.15) is 0 Å². The molecule has 1 spiro atoms. The first-order valence-electron chi connectivity index (χ1n) is 9.18. The maximum Gasteiger partial charge on any atom is 0.0334 e. The molecule has 0 bridgehead atoms. The van der Waals surface area contributed by atoms with Crippen molar-refractivity contribution in [3.8, 4) is 0 Å². The molecule has 1 heterocycles. The fourth-order valence-electron chi connectivity index (χ4n) is 5.02. The highest BCUT2D eigenvalue weighted by molar-refractivity contribution is 5.03. The molecule has 20 heavy (non-hydrogen) atoms. The van der Waals surface area contributed by atoms with Crippen molar-refractivity contribution in [2.75, 3.05) is 19.6 Å². The minimum absolute atomic E-state index is 0.523. The third kappa shape index (κ3) is 3.06. The van der Waals surface area contributed by atoms with Crippen molar-refractivity contribution in [1.82, 2.24) is 10.2 Å². The van der Waals surface area contributed by atoms with Crippen LogP contribution in [0, 0.1) is 11.8 Å². The second-order valence-corrected chi connectivity index (χ2v) is 8.12. The van der Waals surface area contributed by atoms with Crippen molar-refractivity contribution >= 4 is 0 Å². The molecule has 2 aliphatic carbocycles. The lowest BCUT2D eigenvalue weighted by Gasteiger charge is -2.51. The Morgan fingerprint density at radius 2 is 1.75 bits per heavy atom. The third-order valence-corrected chi connectivity index (χ3v) is 6.12. The van der Waals surface area contributed by atoms with Crippen molar-refractivity contribution in [1.29, 1.82) is 0 Å². The van der Waals surface area contributed by atoms with E-state index in [1.165, 1.54) is 77.4 Å². The van der Waals surface area contributed by atoms with Crippen LogP contribution in [-0.4, -0.2) is 36.1 Å². The van der Waals surface area contributed by atoms with Crippen LogP contribution < -0.4 is 5.32 Å². The molecule has 0 aromatic rings. The molecule has 3 fully saturated rings. The minimum atomic E-state index is 0.523. The number of rotatable bonds is 3. The predicted molar refractivity (Wildman–Crippen MR) is 86.0 cm³/mol. The van der Waals surface area contributed by atoms with Gasteiger partial charge in [-0.05, 0) is 37.5 Å². The smallest absolute Gasteiger partial charge is 0.0334 e. The van der Waals surface area contributed by atoms with Crippen molar-refractivity contribution < 1.29 is 0 Å². The predicted octanol–water partition coefficient (Wildman–Crippen LogP) is 3.81. The highest BCUT2D eigenvalue weighted by Gasteiger charge is 2.44. The fourth-order valence-corrected chi connectivity index (χ4v) is 5.02. The molecule has 0 amide bonds. The average Bonchev–Trinajstić information content (AvgIpc) is 2.91. The zero-order valence-electron chi connectivity index (χ0n) is 13.7. The molecule has 1 saturated heterocycles. The van der Waals surface area contributed by atoms with E-state index in [-0.39, 0.29) is 0 Å². The van der Waals surface area contributed by atoms with Crippen molar-refractivity contribution in [3.63, 3.8) is 0 Å². The van der Waals surface area contributed by atoms with E-state index in [9.17, 15) is 0 Å². The summed E-state index contributed by atoms with van der Waals surface area (Å²) >= 11 is 0. The van der Waals surface area contributed by atoms with Crippen LogP contribution in [0.4, 0.5) is 0 Å². The summed E-state index contributed by atoms with van der Waals surface area (Å²) in [5.41, 5.74) is 0.523. The van der Waals surface area contributed by atoms with E-state index in [1.54, 1.807) is 0 Å². The SMILES string of the molecule is CC(C)CN1CC(C2CCCCC2)NCC12CCCC2. The zero-order chi connectivity index (χ0) is 14.0. The van der Waals surface area contributed by atoms with Crippen molar-refractivity contribution in [3.05, 3.63) is 0 Å². The largest absolute Gasteiger partial charge is 0.311 e. The van der Waals surface area contributed by atoms with Crippen LogP contribution in [0.3, 0.4) is 0 Å². The highest BCUT2D eigenvalue weighted by Crippen LogP contribution is 2.39. The molecule has 3 aliphatic rings. The van der Waals surface area contributed by atoms with Gasteiger partial charge in [-0.3, -0.25) is 4.90 Å². The lowest BCUT2D eigenvalue weighted by atomic mass is 9.80. The van der Waals surface area contributed by atoms with Crippen molar-refractivity contribution in [2.45, 2.75) is 83.2 Å². The average molecular weight is 278 g/mol. The summed E-state index contributed by atoms with van der Waals surface area (Å²) in [5, 5.41) is 3.98. The zero-order valence-corrected chi connectivity index (χ0v) is 13.7. The summed E-state index contributed by atoms with van der Waals surface area (Å²) in [6, 6.07) is 0.778. The van der Waals surface area contributed by atoms with Gasteiger partial charge in [-0.1, -0.05) is 46.0 Å². The lowest BCUT2D eigenvalue weighted by Crippen LogP contribution is -2.65. The quantitative estimate of drug-likeness (QED) is 0.844. The first-order chi connectivity index (χ1) is 9.70. The second kappa shape index (κ2) is 6.36. The topological polar surface area (TPSA) is 15.3 Å². The maximum absolute atomic E-state index is 3.98. The summed E-state index contributed by atoms with van der Waals surface area (Å²) < 4.78 is 0. The van der Waals surface area contributed by atoms with E-state index in [0.717, 1.165) is 17.9 Å². The molecular weight excluding hydrogens is 244 g/mol. The molecule has 3 rings (SSSR count). The van der Waals surface area contributed by atoms with Crippen LogP contribution in [0.2, 0.25) is 0 Å². The number of piperazine rings is 1.